The van der Waals surface area contributed by atoms with Gasteiger partial charge in [-0.25, -0.2) is 9.28 Å². The Bertz CT molecular complexity index is 699. The number of nitrogens with zero attached hydrogens (tertiary/aromatic N) is 1. The molecule has 0 N–H and O–H groups in total. The first-order valence-corrected chi connectivity index (χ1v) is 10.7. The maximum Gasteiger partial charge on any atom is 0.382 e. The van der Waals surface area contributed by atoms with Gasteiger partial charge in [0.2, 0.25) is 5.12 Å². The Hall–Kier alpha value is -1.46. The zero-order chi connectivity index (χ0) is 19.4. The van der Waals surface area contributed by atoms with Gasteiger partial charge in [0.05, 0.1) is 19.0 Å². The van der Waals surface area contributed by atoms with Gasteiger partial charge in [0, 0.05) is 12.3 Å². The molecule has 2 unspecified atom stereocenters. The summed E-state index contributed by atoms with van der Waals surface area (Å²) in [6.45, 7) is 3.08. The highest BCUT2D eigenvalue weighted by Crippen LogP contribution is 2.41. The lowest BCUT2D eigenvalue weighted by Crippen LogP contribution is -2.62. The number of hydrogen-bond donors (Lipinski definition) is 1. The number of hydrogen-bond acceptors (Lipinski definition) is 3. The zero-order valence-electron chi connectivity index (χ0n) is 16.1. The van der Waals surface area contributed by atoms with E-state index in [-0.39, 0.29) is 33.1 Å². The van der Waals surface area contributed by atoms with Crippen LogP contribution in [0.1, 0.15) is 63.4 Å². The number of benzene rings is 1. The van der Waals surface area contributed by atoms with Crippen LogP contribution in [-0.2, 0) is 14.4 Å². The van der Waals surface area contributed by atoms with Crippen molar-refractivity contribution in [2.45, 2.75) is 63.8 Å². The minimum Gasteiger partial charge on any atom is -0.284 e. The molecule has 3 rings (SSSR count). The third-order valence-electron chi connectivity index (χ3n) is 6.45. The number of carbonyl (C=O) groups is 3. The Morgan fingerprint density at radius 2 is 1.70 bits per heavy atom. The quantitative estimate of drug-likeness (QED) is 0.457. The van der Waals surface area contributed by atoms with Crippen molar-refractivity contribution in [3.8, 4) is 0 Å². The fourth-order valence-electron chi connectivity index (χ4n) is 5.18. The van der Waals surface area contributed by atoms with Crippen molar-refractivity contribution in [3.63, 3.8) is 0 Å². The number of ketones is 1. The van der Waals surface area contributed by atoms with Gasteiger partial charge in [-0.15, -0.1) is 0 Å². The summed E-state index contributed by atoms with van der Waals surface area (Å²) < 4.78 is -0.0340. The molecular weight excluding hydrogens is 358 g/mol. The molecule has 27 heavy (non-hydrogen) atoms. The van der Waals surface area contributed by atoms with Crippen molar-refractivity contribution in [1.82, 2.24) is 0 Å². The number of carbonyl (C=O) groups excluding carboxylic acids is 3. The van der Waals surface area contributed by atoms with Crippen LogP contribution in [0.4, 0.5) is 0 Å². The van der Waals surface area contributed by atoms with Crippen LogP contribution < -0.4 is 0 Å². The second-order valence-electron chi connectivity index (χ2n) is 8.07. The van der Waals surface area contributed by atoms with E-state index in [1.165, 1.54) is 0 Å². The Labute approximate surface area is 167 Å². The Balaban J connectivity index is 1.95. The molecule has 0 bridgehead atoms. The zero-order valence-corrected chi connectivity index (χ0v) is 17.0. The van der Waals surface area contributed by atoms with Crippen LogP contribution in [0.3, 0.4) is 0 Å². The van der Waals surface area contributed by atoms with Gasteiger partial charge >= 0.3 is 5.91 Å². The molecule has 1 saturated heterocycles. The van der Waals surface area contributed by atoms with E-state index in [1.54, 1.807) is 0 Å². The second-order valence-corrected chi connectivity index (χ2v) is 8.52. The molecule has 3 atom stereocenters. The van der Waals surface area contributed by atoms with E-state index in [0.717, 1.165) is 50.5 Å². The lowest BCUT2D eigenvalue weighted by atomic mass is 9.85. The fraction of sp³-hybridized carbons (Fsp3) is 0.591. The minimum atomic E-state index is -0.573. The van der Waals surface area contributed by atoms with Gasteiger partial charge in [-0.1, -0.05) is 69.1 Å². The maximum atomic E-state index is 13.5. The molecule has 1 heterocycles. The van der Waals surface area contributed by atoms with Crippen LogP contribution in [0.2, 0.25) is 0 Å². The van der Waals surface area contributed by atoms with Crippen LogP contribution in [0.25, 0.3) is 0 Å². The SMILES string of the molecule is CCC[N+]1(C(=O)C(=O)C2CCCCC2)CCC(c2ccccc2)[C@H]1C(=O)S. The van der Waals surface area contributed by atoms with E-state index in [0.29, 0.717) is 13.1 Å². The normalized spacial score (nSPS) is 28.8. The van der Waals surface area contributed by atoms with E-state index < -0.39 is 6.04 Å². The van der Waals surface area contributed by atoms with E-state index in [1.807, 2.05) is 37.3 Å². The van der Waals surface area contributed by atoms with Gasteiger partial charge in [0.1, 0.15) is 0 Å². The highest BCUT2D eigenvalue weighted by molar-refractivity contribution is 7.96. The third-order valence-corrected chi connectivity index (χ3v) is 6.71. The highest BCUT2D eigenvalue weighted by atomic mass is 32.1. The summed E-state index contributed by atoms with van der Waals surface area (Å²) in [5, 5.41) is -0.278. The topological polar surface area (TPSA) is 51.2 Å². The van der Waals surface area contributed by atoms with Crippen molar-refractivity contribution < 1.29 is 18.9 Å². The molecule has 1 aliphatic heterocycles. The largest absolute Gasteiger partial charge is 0.382 e. The number of thiol groups is 1. The molecule has 4 nitrogen and oxygen atoms in total. The average molecular weight is 389 g/mol. The first-order valence-electron chi connectivity index (χ1n) is 10.2. The molecule has 146 valence electrons. The number of amides is 1. The van der Waals surface area contributed by atoms with Gasteiger partial charge < -0.3 is 0 Å². The molecule has 0 spiro atoms. The summed E-state index contributed by atoms with van der Waals surface area (Å²) in [7, 11) is 0. The van der Waals surface area contributed by atoms with Crippen molar-refractivity contribution in [1.29, 1.82) is 0 Å². The predicted octanol–water partition coefficient (Wildman–Crippen LogP) is 3.90. The van der Waals surface area contributed by atoms with Crippen LogP contribution in [0.5, 0.6) is 0 Å². The van der Waals surface area contributed by atoms with E-state index in [2.05, 4.69) is 12.6 Å². The summed E-state index contributed by atoms with van der Waals surface area (Å²) in [4.78, 5) is 39.2. The fourth-order valence-corrected chi connectivity index (χ4v) is 5.58. The molecular formula is C22H30NO3S+. The Kier molecular flexibility index (Phi) is 6.53. The number of rotatable bonds is 6. The molecule has 1 aliphatic carbocycles. The minimum absolute atomic E-state index is 0.0340. The standard InChI is InChI=1S/C22H29NO3S/c1-2-14-23(21(25)20(24)17-11-7-4-8-12-17)15-13-18(19(23)22(26)27)16-9-5-3-6-10-16/h3,5-6,9-10,17-19H,2,4,7-8,11-15H2,1H3/p+1/t18?,19-,23?/m0/s1. The molecule has 0 aromatic heterocycles. The molecule has 0 radical (unpaired) electrons. The molecule has 2 fully saturated rings. The summed E-state index contributed by atoms with van der Waals surface area (Å²) >= 11 is 4.18. The van der Waals surface area contributed by atoms with Crippen LogP contribution in [0, 0.1) is 5.92 Å². The lowest BCUT2D eigenvalue weighted by molar-refractivity contribution is -0.854. The summed E-state index contributed by atoms with van der Waals surface area (Å²) in [5.41, 5.74) is 1.05. The molecule has 1 aromatic rings. The van der Waals surface area contributed by atoms with Crippen molar-refractivity contribution in [3.05, 3.63) is 35.9 Å². The molecule has 1 amide bonds. The third kappa shape index (κ3) is 3.90. The predicted molar refractivity (Wildman–Crippen MR) is 108 cm³/mol. The average Bonchev–Trinajstić information content (AvgIpc) is 3.09. The Morgan fingerprint density at radius 1 is 1.04 bits per heavy atom. The van der Waals surface area contributed by atoms with Gasteiger partial charge in [-0.2, -0.15) is 0 Å². The van der Waals surface area contributed by atoms with Crippen LogP contribution in [-0.4, -0.2) is 40.4 Å². The van der Waals surface area contributed by atoms with Crippen LogP contribution >= 0.6 is 12.6 Å². The number of likely N-dealkylation sites (tertiary alicyclic amines) is 1. The van der Waals surface area contributed by atoms with E-state index >= 15 is 0 Å². The first-order chi connectivity index (χ1) is 13.0. The summed E-state index contributed by atoms with van der Waals surface area (Å²) in [5.74, 6) is -0.832. The van der Waals surface area contributed by atoms with E-state index in [4.69, 9.17) is 0 Å². The molecule has 1 aromatic carbocycles. The van der Waals surface area contributed by atoms with Gasteiger partial charge in [0.25, 0.3) is 5.78 Å². The lowest BCUT2D eigenvalue weighted by Gasteiger charge is -2.37. The molecule has 5 heteroatoms. The molecule has 2 aliphatic rings. The van der Waals surface area contributed by atoms with Gasteiger partial charge in [-0.05, 0) is 24.8 Å². The smallest absolute Gasteiger partial charge is 0.284 e. The summed E-state index contributed by atoms with van der Waals surface area (Å²) in [6.07, 6.45) is 6.25. The Morgan fingerprint density at radius 3 is 2.30 bits per heavy atom. The molecule has 1 saturated carbocycles. The number of quaternary nitrogens is 1. The second kappa shape index (κ2) is 8.70. The van der Waals surface area contributed by atoms with E-state index in [9.17, 15) is 14.4 Å². The highest BCUT2D eigenvalue weighted by Gasteiger charge is 2.58. The van der Waals surface area contributed by atoms with Crippen molar-refractivity contribution >= 4 is 29.4 Å². The first kappa shape index (κ1) is 20.3. The van der Waals surface area contributed by atoms with Gasteiger partial charge in [-0.3, -0.25) is 9.59 Å². The van der Waals surface area contributed by atoms with Crippen LogP contribution in [0.15, 0.2) is 30.3 Å². The van der Waals surface area contributed by atoms with Crippen molar-refractivity contribution in [2.75, 3.05) is 13.1 Å². The monoisotopic (exact) mass is 388 g/mol. The number of Topliss-reactive ketones (excluding diaryl/α,β-unsaturated/α-hetero) is 1. The summed E-state index contributed by atoms with van der Waals surface area (Å²) in [6, 6.07) is 9.30. The van der Waals surface area contributed by atoms with Gasteiger partial charge in [0.15, 0.2) is 6.04 Å². The van der Waals surface area contributed by atoms with Crippen molar-refractivity contribution in [2.24, 2.45) is 5.92 Å². The maximum absolute atomic E-state index is 13.5.